The van der Waals surface area contributed by atoms with Gasteiger partial charge < -0.3 is 10.0 Å². The number of benzene rings is 1. The molecule has 0 saturated heterocycles. The van der Waals surface area contributed by atoms with Crippen LogP contribution >= 0.6 is 11.6 Å². The van der Waals surface area contributed by atoms with E-state index in [1.54, 1.807) is 11.9 Å². The predicted molar refractivity (Wildman–Crippen MR) is 67.4 cm³/mol. The zero-order valence-electron chi connectivity index (χ0n) is 10.1. The van der Waals surface area contributed by atoms with Gasteiger partial charge in [-0.3, -0.25) is 0 Å². The van der Waals surface area contributed by atoms with Crippen molar-refractivity contribution < 1.29 is 9.50 Å². The first-order valence-electron chi connectivity index (χ1n) is 5.17. The molecule has 0 aliphatic carbocycles. The van der Waals surface area contributed by atoms with Crippen molar-refractivity contribution in [2.75, 3.05) is 19.0 Å². The van der Waals surface area contributed by atoms with Crippen molar-refractivity contribution >= 4 is 17.5 Å². The monoisotopic (exact) mass is 270 g/mol. The highest BCUT2D eigenvalue weighted by Crippen LogP contribution is 2.31. The Morgan fingerprint density at radius 3 is 2.61 bits per heavy atom. The molecule has 1 aromatic heterocycles. The van der Waals surface area contributed by atoms with E-state index in [2.05, 4.69) is 10.1 Å². The van der Waals surface area contributed by atoms with E-state index in [9.17, 15) is 9.50 Å². The van der Waals surface area contributed by atoms with Crippen molar-refractivity contribution in [3.8, 4) is 17.1 Å². The van der Waals surface area contributed by atoms with Crippen LogP contribution in [0.2, 0.25) is 5.02 Å². The van der Waals surface area contributed by atoms with Crippen molar-refractivity contribution in [1.29, 1.82) is 0 Å². The lowest BCUT2D eigenvalue weighted by Crippen LogP contribution is -2.14. The lowest BCUT2D eigenvalue weighted by molar-refractivity contribution is 0.469. The first kappa shape index (κ1) is 12.6. The molecule has 1 aromatic carbocycles. The molecule has 2 rings (SSSR count). The number of anilines is 1. The summed E-state index contributed by atoms with van der Waals surface area (Å²) >= 11 is 5.76. The van der Waals surface area contributed by atoms with Crippen molar-refractivity contribution in [2.45, 2.75) is 0 Å². The van der Waals surface area contributed by atoms with Gasteiger partial charge in [0, 0.05) is 27.2 Å². The van der Waals surface area contributed by atoms with Crippen LogP contribution in [0.25, 0.3) is 11.4 Å². The molecule has 96 valence electrons. The summed E-state index contributed by atoms with van der Waals surface area (Å²) in [6.45, 7) is 0. The van der Waals surface area contributed by atoms with Crippen molar-refractivity contribution in [2.24, 2.45) is 7.05 Å². The summed E-state index contributed by atoms with van der Waals surface area (Å²) in [5.41, 5.74) is 0.154. The Morgan fingerprint density at radius 1 is 1.39 bits per heavy atom. The first-order valence-corrected chi connectivity index (χ1v) is 5.54. The smallest absolute Gasteiger partial charge is 0.223 e. The molecule has 0 aliphatic heterocycles. The summed E-state index contributed by atoms with van der Waals surface area (Å²) in [5, 5.41) is 13.5. The van der Waals surface area contributed by atoms with Crippen molar-refractivity contribution in [1.82, 2.24) is 14.8 Å². The number of phenols is 1. The molecule has 0 spiro atoms. The Labute approximate surface area is 108 Å². The van der Waals surface area contributed by atoms with Gasteiger partial charge in [-0.05, 0) is 6.07 Å². The molecule has 1 heterocycles. The molecule has 7 heteroatoms. The molecule has 0 aliphatic rings. The number of aromatic nitrogens is 3. The first-order chi connectivity index (χ1) is 8.40. The SMILES string of the molecule is CN(C)c1nc(-c2cc(Cl)c(O)cc2F)nn1C. The van der Waals surface area contributed by atoms with E-state index >= 15 is 0 Å². The minimum absolute atomic E-state index is 0.0604. The normalized spacial score (nSPS) is 10.7. The van der Waals surface area contributed by atoms with Crippen LogP contribution in [-0.2, 0) is 7.05 Å². The molecule has 0 unspecified atom stereocenters. The molecule has 0 atom stereocenters. The van der Waals surface area contributed by atoms with Gasteiger partial charge in [0.05, 0.1) is 10.6 Å². The van der Waals surface area contributed by atoms with Gasteiger partial charge in [-0.2, -0.15) is 4.98 Å². The summed E-state index contributed by atoms with van der Waals surface area (Å²) in [5.74, 6) is -0.108. The fourth-order valence-electron chi connectivity index (χ4n) is 1.59. The number of nitrogens with zero attached hydrogens (tertiary/aromatic N) is 4. The van der Waals surface area contributed by atoms with Gasteiger partial charge in [-0.25, -0.2) is 9.07 Å². The average molecular weight is 271 g/mol. The lowest BCUT2D eigenvalue weighted by Gasteiger charge is -2.08. The molecule has 2 aromatic rings. The summed E-state index contributed by atoms with van der Waals surface area (Å²) in [7, 11) is 5.34. The molecule has 1 N–H and O–H groups in total. The quantitative estimate of drug-likeness (QED) is 0.907. The zero-order valence-corrected chi connectivity index (χ0v) is 10.9. The summed E-state index contributed by atoms with van der Waals surface area (Å²) in [6.07, 6.45) is 0. The minimum atomic E-state index is -0.618. The third-order valence-corrected chi connectivity index (χ3v) is 2.72. The number of halogens is 2. The minimum Gasteiger partial charge on any atom is -0.506 e. The number of aromatic hydroxyl groups is 1. The van der Waals surface area contributed by atoms with Crippen LogP contribution in [0.15, 0.2) is 12.1 Å². The van der Waals surface area contributed by atoms with Crippen LogP contribution in [0.1, 0.15) is 0 Å². The van der Waals surface area contributed by atoms with Crippen LogP contribution in [0.5, 0.6) is 5.75 Å². The standard InChI is InChI=1S/C11H12ClFN4O/c1-16(2)11-14-10(15-17(11)3)6-4-7(12)9(18)5-8(6)13/h4-5,18H,1-3H3. The van der Waals surface area contributed by atoms with Crippen LogP contribution in [0.3, 0.4) is 0 Å². The molecule has 18 heavy (non-hydrogen) atoms. The van der Waals surface area contributed by atoms with Gasteiger partial charge in [0.1, 0.15) is 11.6 Å². The van der Waals surface area contributed by atoms with E-state index in [-0.39, 0.29) is 22.2 Å². The lowest BCUT2D eigenvalue weighted by atomic mass is 10.2. The Kier molecular flexibility index (Phi) is 3.13. The van der Waals surface area contributed by atoms with Gasteiger partial charge in [0.25, 0.3) is 0 Å². The molecule has 0 bridgehead atoms. The van der Waals surface area contributed by atoms with Gasteiger partial charge in [-0.15, -0.1) is 5.10 Å². The second kappa shape index (κ2) is 4.45. The fourth-order valence-corrected chi connectivity index (χ4v) is 1.75. The van der Waals surface area contributed by atoms with E-state index in [1.165, 1.54) is 10.7 Å². The summed E-state index contributed by atoms with van der Waals surface area (Å²) in [4.78, 5) is 5.97. The summed E-state index contributed by atoms with van der Waals surface area (Å²) in [6, 6.07) is 2.25. The molecule has 0 saturated carbocycles. The highest BCUT2D eigenvalue weighted by Gasteiger charge is 2.16. The third-order valence-electron chi connectivity index (χ3n) is 2.42. The molecular weight excluding hydrogens is 259 g/mol. The molecular formula is C11H12ClFN4O. The van der Waals surface area contributed by atoms with E-state index in [1.807, 2.05) is 14.1 Å². The van der Waals surface area contributed by atoms with Crippen molar-refractivity contribution in [3.63, 3.8) is 0 Å². The van der Waals surface area contributed by atoms with Crippen molar-refractivity contribution in [3.05, 3.63) is 23.0 Å². The van der Waals surface area contributed by atoms with Crippen LogP contribution in [0, 0.1) is 5.82 Å². The third kappa shape index (κ3) is 2.11. The largest absolute Gasteiger partial charge is 0.506 e. The van der Waals surface area contributed by atoms with E-state index in [4.69, 9.17) is 11.6 Å². The van der Waals surface area contributed by atoms with Gasteiger partial charge in [0.15, 0.2) is 5.82 Å². The topological polar surface area (TPSA) is 54.2 Å². The van der Waals surface area contributed by atoms with Gasteiger partial charge in [-0.1, -0.05) is 11.6 Å². The Hall–Kier alpha value is -1.82. The second-order valence-corrected chi connectivity index (χ2v) is 4.44. The maximum absolute atomic E-state index is 13.7. The number of aryl methyl sites for hydroxylation is 1. The van der Waals surface area contributed by atoms with Crippen LogP contribution in [-0.4, -0.2) is 34.0 Å². The molecule has 0 fully saturated rings. The molecule has 0 amide bonds. The average Bonchev–Trinajstić information content (AvgIpc) is 2.65. The molecule has 0 radical (unpaired) electrons. The van der Waals surface area contributed by atoms with Crippen LogP contribution in [0.4, 0.5) is 10.3 Å². The highest BCUT2D eigenvalue weighted by atomic mass is 35.5. The van der Waals surface area contributed by atoms with E-state index in [0.29, 0.717) is 5.95 Å². The number of hydrogen-bond donors (Lipinski definition) is 1. The number of phenolic OH excluding ortho intramolecular Hbond substituents is 1. The van der Waals surface area contributed by atoms with Gasteiger partial charge in [0.2, 0.25) is 5.95 Å². The van der Waals surface area contributed by atoms with E-state index < -0.39 is 5.82 Å². The van der Waals surface area contributed by atoms with Crippen LogP contribution < -0.4 is 4.90 Å². The number of rotatable bonds is 2. The second-order valence-electron chi connectivity index (χ2n) is 4.04. The number of hydrogen-bond acceptors (Lipinski definition) is 4. The Morgan fingerprint density at radius 2 is 2.06 bits per heavy atom. The van der Waals surface area contributed by atoms with E-state index in [0.717, 1.165) is 6.07 Å². The highest BCUT2D eigenvalue weighted by molar-refractivity contribution is 6.32. The van der Waals surface area contributed by atoms with Gasteiger partial charge >= 0.3 is 0 Å². The maximum Gasteiger partial charge on any atom is 0.223 e. The Balaban J connectivity index is 2.55. The fraction of sp³-hybridized carbons (Fsp3) is 0.273. The predicted octanol–water partition coefficient (Wildman–Crippen LogP) is 2.05. The zero-order chi connectivity index (χ0) is 13.4. The Bertz CT molecular complexity index is 597. The summed E-state index contributed by atoms with van der Waals surface area (Å²) < 4.78 is 15.3. The maximum atomic E-state index is 13.7. The molecule has 5 nitrogen and oxygen atoms in total.